The Morgan fingerprint density at radius 1 is 1.07 bits per heavy atom. The molecule has 5 rings (SSSR count). The summed E-state index contributed by atoms with van der Waals surface area (Å²) < 4.78 is 2.11. The third kappa shape index (κ3) is 3.28. The lowest BCUT2D eigenvalue weighted by Crippen LogP contribution is -2.53. The van der Waals surface area contributed by atoms with Gasteiger partial charge in [0.05, 0.1) is 6.54 Å². The van der Waals surface area contributed by atoms with Crippen LogP contribution >= 0.6 is 0 Å². The lowest BCUT2D eigenvalue weighted by molar-refractivity contribution is 0.0548. The van der Waals surface area contributed by atoms with Gasteiger partial charge in [-0.15, -0.1) is 0 Å². The van der Waals surface area contributed by atoms with Crippen molar-refractivity contribution in [3.05, 3.63) is 53.1 Å². The van der Waals surface area contributed by atoms with Crippen LogP contribution in [0.3, 0.4) is 0 Å². The minimum Gasteiger partial charge on any atom is -0.335 e. The molecule has 142 valence electrons. The van der Waals surface area contributed by atoms with Gasteiger partial charge in [0.1, 0.15) is 11.5 Å². The average molecular weight is 365 g/mol. The number of hydrogen-bond donors (Lipinski definition) is 1. The van der Waals surface area contributed by atoms with Crippen LogP contribution < -0.4 is 5.32 Å². The van der Waals surface area contributed by atoms with E-state index in [0.717, 1.165) is 58.1 Å². The molecule has 0 spiro atoms. The highest BCUT2D eigenvalue weighted by Crippen LogP contribution is 2.25. The maximum absolute atomic E-state index is 12.9. The van der Waals surface area contributed by atoms with Gasteiger partial charge in [-0.2, -0.15) is 0 Å². The van der Waals surface area contributed by atoms with Gasteiger partial charge in [0.25, 0.3) is 5.91 Å². The third-order valence-corrected chi connectivity index (χ3v) is 6.33. The van der Waals surface area contributed by atoms with Gasteiger partial charge in [-0.3, -0.25) is 9.69 Å². The van der Waals surface area contributed by atoms with Crippen molar-refractivity contribution in [2.24, 2.45) is 0 Å². The summed E-state index contributed by atoms with van der Waals surface area (Å²) >= 11 is 0. The van der Waals surface area contributed by atoms with Gasteiger partial charge in [-0.25, -0.2) is 4.98 Å². The summed E-state index contributed by atoms with van der Waals surface area (Å²) in [6.45, 7) is 6.13. The molecule has 0 radical (unpaired) electrons. The van der Waals surface area contributed by atoms with E-state index >= 15 is 0 Å². The molecule has 3 aliphatic rings. The van der Waals surface area contributed by atoms with Crippen molar-refractivity contribution in [3.63, 3.8) is 0 Å². The van der Waals surface area contributed by atoms with Crippen molar-refractivity contribution in [2.75, 3.05) is 32.7 Å². The topological polar surface area (TPSA) is 53.4 Å². The van der Waals surface area contributed by atoms with Gasteiger partial charge in [0.15, 0.2) is 0 Å². The Morgan fingerprint density at radius 3 is 2.70 bits per heavy atom. The molecule has 1 aromatic heterocycles. The molecule has 6 heteroatoms. The predicted molar refractivity (Wildman–Crippen MR) is 104 cm³/mol. The fourth-order valence-corrected chi connectivity index (χ4v) is 4.73. The number of amides is 1. The van der Waals surface area contributed by atoms with Crippen LogP contribution in [0.25, 0.3) is 0 Å². The van der Waals surface area contributed by atoms with Gasteiger partial charge in [-0.1, -0.05) is 24.3 Å². The van der Waals surface area contributed by atoms with Crippen LogP contribution in [0.15, 0.2) is 30.5 Å². The first-order chi connectivity index (χ1) is 13.3. The van der Waals surface area contributed by atoms with Crippen LogP contribution in [0.4, 0.5) is 0 Å². The molecular formula is C21H27N5O. The monoisotopic (exact) mass is 365 g/mol. The number of carbonyl (C=O) groups excluding carboxylic acids is 1. The summed E-state index contributed by atoms with van der Waals surface area (Å²) in [5.41, 5.74) is 3.62. The number of aryl methyl sites for hydroxylation is 1. The Morgan fingerprint density at radius 2 is 1.89 bits per heavy atom. The standard InChI is InChI=1S/C21H27N5O/c27-21(19-15-26-8-7-22-14-20(26)23-19)25-11-9-24(10-12-25)18-6-5-16-3-1-2-4-17(16)13-18/h1-4,15,18,22H,5-14H2. The number of fused-ring (bicyclic) bond motifs is 2. The second kappa shape index (κ2) is 7.09. The highest BCUT2D eigenvalue weighted by atomic mass is 16.2. The van der Waals surface area contributed by atoms with E-state index in [1.165, 1.54) is 24.0 Å². The summed E-state index contributed by atoms with van der Waals surface area (Å²) in [7, 11) is 0. The number of carbonyl (C=O) groups is 1. The zero-order valence-electron chi connectivity index (χ0n) is 15.7. The summed E-state index contributed by atoms with van der Waals surface area (Å²) in [5.74, 6) is 1.06. The maximum Gasteiger partial charge on any atom is 0.274 e. The van der Waals surface area contributed by atoms with Gasteiger partial charge in [0, 0.05) is 51.5 Å². The second-order valence-electron chi connectivity index (χ2n) is 7.91. The highest BCUT2D eigenvalue weighted by Gasteiger charge is 2.30. The molecular weight excluding hydrogens is 338 g/mol. The van der Waals surface area contributed by atoms with Crippen molar-refractivity contribution in [1.82, 2.24) is 24.7 Å². The van der Waals surface area contributed by atoms with Crippen molar-refractivity contribution in [1.29, 1.82) is 0 Å². The highest BCUT2D eigenvalue weighted by molar-refractivity contribution is 5.92. The number of nitrogens with one attached hydrogen (secondary N) is 1. The van der Waals surface area contributed by atoms with Crippen LogP contribution in [0.1, 0.15) is 33.9 Å². The van der Waals surface area contributed by atoms with Crippen molar-refractivity contribution in [3.8, 4) is 0 Å². The summed E-state index contributed by atoms with van der Waals surface area (Å²) in [6, 6.07) is 9.45. The molecule has 6 nitrogen and oxygen atoms in total. The Bertz CT molecular complexity index is 813. The minimum absolute atomic E-state index is 0.0885. The van der Waals surface area contributed by atoms with Gasteiger partial charge >= 0.3 is 0 Å². The smallest absolute Gasteiger partial charge is 0.274 e. The van der Waals surface area contributed by atoms with Gasteiger partial charge in [-0.05, 0) is 30.4 Å². The lowest BCUT2D eigenvalue weighted by Gasteiger charge is -2.41. The predicted octanol–water partition coefficient (Wildman–Crippen LogP) is 1.30. The largest absolute Gasteiger partial charge is 0.335 e. The Kier molecular flexibility index (Phi) is 4.45. The van der Waals surface area contributed by atoms with Crippen LogP contribution in [0.2, 0.25) is 0 Å². The molecule has 27 heavy (non-hydrogen) atoms. The zero-order valence-corrected chi connectivity index (χ0v) is 15.7. The number of imidazole rings is 1. The van der Waals surface area contributed by atoms with E-state index < -0.39 is 0 Å². The molecule has 0 bridgehead atoms. The van der Waals surface area contributed by atoms with E-state index in [-0.39, 0.29) is 5.91 Å². The van der Waals surface area contributed by atoms with Gasteiger partial charge in [0.2, 0.25) is 0 Å². The summed E-state index contributed by atoms with van der Waals surface area (Å²) in [4.78, 5) is 22.0. The van der Waals surface area contributed by atoms with Crippen molar-refractivity contribution in [2.45, 2.75) is 38.4 Å². The second-order valence-corrected chi connectivity index (χ2v) is 7.91. The van der Waals surface area contributed by atoms with Gasteiger partial charge < -0.3 is 14.8 Å². The van der Waals surface area contributed by atoms with E-state index in [0.29, 0.717) is 11.7 Å². The fraction of sp³-hybridized carbons (Fsp3) is 0.524. The van der Waals surface area contributed by atoms with Crippen LogP contribution in [0, 0.1) is 0 Å². The number of benzene rings is 1. The molecule has 2 aliphatic heterocycles. The number of rotatable bonds is 2. The number of nitrogens with zero attached hydrogens (tertiary/aromatic N) is 4. The summed E-state index contributed by atoms with van der Waals surface area (Å²) in [5, 5.41) is 3.31. The molecule has 3 heterocycles. The molecule has 1 amide bonds. The first-order valence-corrected chi connectivity index (χ1v) is 10.1. The summed E-state index contributed by atoms with van der Waals surface area (Å²) in [6.07, 6.45) is 5.48. The minimum atomic E-state index is 0.0885. The normalized spacial score (nSPS) is 23.0. The molecule has 1 aromatic carbocycles. The lowest BCUT2D eigenvalue weighted by atomic mass is 9.87. The molecule has 2 aromatic rings. The fourth-order valence-electron chi connectivity index (χ4n) is 4.73. The number of hydrogen-bond acceptors (Lipinski definition) is 4. The van der Waals surface area contributed by atoms with Crippen LogP contribution in [-0.2, 0) is 25.9 Å². The SMILES string of the molecule is O=C(c1cn2c(n1)CNCC2)N1CCN(C2CCc3ccccc3C2)CC1. The first kappa shape index (κ1) is 17.0. The van der Waals surface area contributed by atoms with E-state index in [1.54, 1.807) is 0 Å². The number of aromatic nitrogens is 2. The number of piperazine rings is 1. The van der Waals surface area contributed by atoms with Crippen molar-refractivity contribution < 1.29 is 4.79 Å². The third-order valence-electron chi connectivity index (χ3n) is 6.33. The van der Waals surface area contributed by atoms with E-state index in [4.69, 9.17) is 0 Å². The molecule has 1 fully saturated rings. The molecule has 1 aliphatic carbocycles. The maximum atomic E-state index is 12.9. The van der Waals surface area contributed by atoms with Crippen LogP contribution in [-0.4, -0.2) is 64.0 Å². The van der Waals surface area contributed by atoms with E-state index in [1.807, 2.05) is 11.1 Å². The quantitative estimate of drug-likeness (QED) is 0.872. The Balaban J connectivity index is 1.20. The average Bonchev–Trinajstić information content (AvgIpc) is 3.17. The zero-order chi connectivity index (χ0) is 18.2. The first-order valence-electron chi connectivity index (χ1n) is 10.1. The van der Waals surface area contributed by atoms with Crippen LogP contribution in [0.5, 0.6) is 0 Å². The Labute approximate surface area is 160 Å². The molecule has 0 saturated carbocycles. The Hall–Kier alpha value is -2.18. The van der Waals surface area contributed by atoms with Crippen molar-refractivity contribution >= 4 is 5.91 Å². The van der Waals surface area contributed by atoms with E-state index in [9.17, 15) is 4.79 Å². The molecule has 1 atom stereocenters. The molecule has 1 unspecified atom stereocenters. The molecule has 1 saturated heterocycles. The molecule has 1 N–H and O–H groups in total. The van der Waals surface area contributed by atoms with E-state index in [2.05, 4.69) is 44.0 Å².